The number of nitrogens with two attached hydrogens (primary N) is 1. The summed E-state index contributed by atoms with van der Waals surface area (Å²) < 4.78 is 1.88. The summed E-state index contributed by atoms with van der Waals surface area (Å²) in [6, 6.07) is 2.12. The lowest BCUT2D eigenvalue weighted by Gasteiger charge is -2.29. The van der Waals surface area contributed by atoms with E-state index >= 15 is 0 Å². The van der Waals surface area contributed by atoms with Gasteiger partial charge in [0, 0.05) is 18.0 Å². The molecule has 0 unspecified atom stereocenters. The highest BCUT2D eigenvalue weighted by Crippen LogP contribution is 2.29. The fraction of sp³-hybridized carbons (Fsp3) is 0.588. The number of halogens is 2. The number of carbonyl (C=O) groups excluding carboxylic acids is 1. The molecule has 3 N–H and O–H groups in total. The van der Waals surface area contributed by atoms with Gasteiger partial charge in [0.1, 0.15) is 0 Å². The summed E-state index contributed by atoms with van der Waals surface area (Å²) in [7, 11) is 0. The van der Waals surface area contributed by atoms with Gasteiger partial charge < -0.3 is 11.1 Å². The second-order valence-electron chi connectivity index (χ2n) is 6.86. The van der Waals surface area contributed by atoms with E-state index in [9.17, 15) is 4.79 Å². The zero-order chi connectivity index (χ0) is 16.6. The SMILES string of the molecule is Cc1nc2c(cnn2C(C)C)cc1C(=O)NC1(CN)CCCC1.Cl.Cl. The maximum atomic E-state index is 12.7. The molecule has 1 fully saturated rings. The van der Waals surface area contributed by atoms with Crippen molar-refractivity contribution in [2.24, 2.45) is 5.73 Å². The van der Waals surface area contributed by atoms with Crippen LogP contribution in [0.15, 0.2) is 12.3 Å². The lowest BCUT2D eigenvalue weighted by molar-refractivity contribution is 0.0902. The van der Waals surface area contributed by atoms with Crippen LogP contribution < -0.4 is 11.1 Å². The Balaban J connectivity index is 0.00000156. The highest BCUT2D eigenvalue weighted by Gasteiger charge is 2.34. The van der Waals surface area contributed by atoms with Crippen molar-refractivity contribution >= 4 is 41.8 Å². The van der Waals surface area contributed by atoms with Gasteiger partial charge in [-0.15, -0.1) is 24.8 Å². The Morgan fingerprint density at radius 1 is 1.36 bits per heavy atom. The zero-order valence-corrected chi connectivity index (χ0v) is 16.5. The van der Waals surface area contributed by atoms with Crippen LogP contribution in [-0.4, -0.2) is 32.8 Å². The first-order valence-corrected chi connectivity index (χ1v) is 8.33. The van der Waals surface area contributed by atoms with Gasteiger partial charge in [-0.05, 0) is 39.7 Å². The number of hydrogen-bond acceptors (Lipinski definition) is 4. The number of aryl methyl sites for hydroxylation is 1. The van der Waals surface area contributed by atoms with Crippen LogP contribution >= 0.6 is 24.8 Å². The molecule has 1 saturated carbocycles. The van der Waals surface area contributed by atoms with Crippen LogP contribution in [0.25, 0.3) is 11.0 Å². The molecule has 0 bridgehead atoms. The van der Waals surface area contributed by atoms with Crippen molar-refractivity contribution < 1.29 is 4.79 Å². The normalized spacial score (nSPS) is 15.7. The Labute approximate surface area is 160 Å². The summed E-state index contributed by atoms with van der Waals surface area (Å²) in [6.07, 6.45) is 5.92. The van der Waals surface area contributed by atoms with E-state index in [1.54, 1.807) is 6.20 Å². The molecule has 6 nitrogen and oxygen atoms in total. The minimum absolute atomic E-state index is 0. The minimum atomic E-state index is -0.249. The maximum absolute atomic E-state index is 12.7. The van der Waals surface area contributed by atoms with Gasteiger partial charge >= 0.3 is 0 Å². The molecule has 8 heteroatoms. The van der Waals surface area contributed by atoms with E-state index in [0.717, 1.165) is 42.4 Å². The predicted octanol–water partition coefficient (Wildman–Crippen LogP) is 3.17. The van der Waals surface area contributed by atoms with E-state index in [1.807, 2.05) is 17.7 Å². The van der Waals surface area contributed by atoms with Crippen LogP contribution in [0.5, 0.6) is 0 Å². The van der Waals surface area contributed by atoms with Gasteiger partial charge in [0.15, 0.2) is 5.65 Å². The van der Waals surface area contributed by atoms with E-state index in [1.165, 1.54) is 0 Å². The smallest absolute Gasteiger partial charge is 0.253 e. The van der Waals surface area contributed by atoms with E-state index in [-0.39, 0.29) is 42.3 Å². The number of pyridine rings is 1. The van der Waals surface area contributed by atoms with E-state index in [0.29, 0.717) is 12.1 Å². The fourth-order valence-electron chi connectivity index (χ4n) is 3.41. The van der Waals surface area contributed by atoms with Gasteiger partial charge in [-0.2, -0.15) is 5.10 Å². The molecule has 2 aromatic heterocycles. The molecule has 1 amide bonds. The van der Waals surface area contributed by atoms with Gasteiger partial charge in [0.05, 0.1) is 23.0 Å². The number of nitrogens with one attached hydrogen (secondary N) is 1. The molecule has 25 heavy (non-hydrogen) atoms. The molecule has 1 aliphatic rings. The van der Waals surface area contributed by atoms with Crippen molar-refractivity contribution in [3.63, 3.8) is 0 Å². The monoisotopic (exact) mass is 387 g/mol. The Kier molecular flexibility index (Phi) is 7.23. The zero-order valence-electron chi connectivity index (χ0n) is 14.9. The molecule has 0 spiro atoms. The van der Waals surface area contributed by atoms with Crippen molar-refractivity contribution in [3.05, 3.63) is 23.5 Å². The third-order valence-electron chi connectivity index (χ3n) is 4.82. The van der Waals surface area contributed by atoms with Crippen LogP contribution in [0.4, 0.5) is 0 Å². The summed E-state index contributed by atoms with van der Waals surface area (Å²) in [5.41, 5.74) is 7.83. The van der Waals surface area contributed by atoms with E-state index < -0.39 is 0 Å². The number of nitrogens with zero attached hydrogens (tertiary/aromatic N) is 3. The van der Waals surface area contributed by atoms with Crippen LogP contribution in [-0.2, 0) is 0 Å². The minimum Gasteiger partial charge on any atom is -0.345 e. The molecule has 1 aliphatic carbocycles. The lowest BCUT2D eigenvalue weighted by Crippen LogP contribution is -2.51. The molecule has 3 rings (SSSR count). The van der Waals surface area contributed by atoms with Crippen LogP contribution in [0.1, 0.15) is 61.6 Å². The summed E-state index contributed by atoms with van der Waals surface area (Å²) in [4.78, 5) is 17.3. The highest BCUT2D eigenvalue weighted by molar-refractivity contribution is 5.98. The quantitative estimate of drug-likeness (QED) is 0.843. The Bertz CT molecular complexity index is 738. The average Bonchev–Trinajstić information content (AvgIpc) is 3.13. The number of amides is 1. The van der Waals surface area contributed by atoms with Gasteiger partial charge in [-0.25, -0.2) is 9.67 Å². The Hall–Kier alpha value is -1.37. The number of hydrogen-bond donors (Lipinski definition) is 2. The summed E-state index contributed by atoms with van der Waals surface area (Å²) in [5.74, 6) is -0.0819. The summed E-state index contributed by atoms with van der Waals surface area (Å²) >= 11 is 0. The van der Waals surface area contributed by atoms with Crippen LogP contribution in [0.2, 0.25) is 0 Å². The number of carbonyl (C=O) groups is 1. The molecule has 0 aromatic carbocycles. The molecule has 0 radical (unpaired) electrons. The van der Waals surface area contributed by atoms with E-state index in [4.69, 9.17) is 5.73 Å². The first-order valence-electron chi connectivity index (χ1n) is 8.33. The van der Waals surface area contributed by atoms with Gasteiger partial charge in [0.25, 0.3) is 5.91 Å². The predicted molar refractivity (Wildman–Crippen MR) is 105 cm³/mol. The molecule has 0 saturated heterocycles. The molecule has 140 valence electrons. The molecular formula is C17H27Cl2N5O. The molecule has 0 atom stereocenters. The van der Waals surface area contributed by atoms with Crippen LogP contribution in [0.3, 0.4) is 0 Å². The first kappa shape index (κ1) is 21.7. The van der Waals surface area contributed by atoms with Crippen molar-refractivity contribution in [1.29, 1.82) is 0 Å². The van der Waals surface area contributed by atoms with Gasteiger partial charge in [-0.3, -0.25) is 4.79 Å². The second-order valence-corrected chi connectivity index (χ2v) is 6.86. The molecule has 2 aromatic rings. The summed E-state index contributed by atoms with van der Waals surface area (Å²) in [5, 5.41) is 8.43. The van der Waals surface area contributed by atoms with Gasteiger partial charge in [0.2, 0.25) is 0 Å². The molecule has 2 heterocycles. The highest BCUT2D eigenvalue weighted by atomic mass is 35.5. The largest absolute Gasteiger partial charge is 0.345 e. The first-order chi connectivity index (χ1) is 11.0. The number of aromatic nitrogens is 3. The lowest BCUT2D eigenvalue weighted by atomic mass is 9.97. The van der Waals surface area contributed by atoms with E-state index in [2.05, 4.69) is 29.2 Å². The summed E-state index contributed by atoms with van der Waals surface area (Å²) in [6.45, 7) is 6.48. The second kappa shape index (κ2) is 8.34. The molecule has 0 aliphatic heterocycles. The van der Waals surface area contributed by atoms with Crippen molar-refractivity contribution in [3.8, 4) is 0 Å². The number of fused-ring (bicyclic) bond motifs is 1. The van der Waals surface area contributed by atoms with Crippen LogP contribution in [0, 0.1) is 6.92 Å². The maximum Gasteiger partial charge on any atom is 0.253 e. The topological polar surface area (TPSA) is 85.8 Å². The standard InChI is InChI=1S/C17H25N5O.2ClH/c1-11(2)22-15-13(9-19-22)8-14(12(3)20-15)16(23)21-17(10-18)6-4-5-7-17;;/h8-9,11H,4-7,10,18H2,1-3H3,(H,21,23);2*1H. The van der Waals surface area contributed by atoms with Crippen molar-refractivity contribution in [2.45, 2.75) is 58.0 Å². The fourth-order valence-corrected chi connectivity index (χ4v) is 3.41. The van der Waals surface area contributed by atoms with Crippen molar-refractivity contribution in [1.82, 2.24) is 20.1 Å². The Morgan fingerprint density at radius 2 is 2.00 bits per heavy atom. The number of rotatable bonds is 4. The third kappa shape index (κ3) is 4.07. The van der Waals surface area contributed by atoms with Gasteiger partial charge in [-0.1, -0.05) is 12.8 Å². The average molecular weight is 388 g/mol. The molecular weight excluding hydrogens is 361 g/mol. The van der Waals surface area contributed by atoms with Crippen molar-refractivity contribution in [2.75, 3.05) is 6.54 Å². The third-order valence-corrected chi connectivity index (χ3v) is 4.82. The Morgan fingerprint density at radius 3 is 2.56 bits per heavy atom.